The molecule has 1 heterocycles. The third-order valence-electron chi connectivity index (χ3n) is 2.42. The second kappa shape index (κ2) is 4.35. The highest BCUT2D eigenvalue weighted by atomic mass is 19.1. The van der Waals surface area contributed by atoms with E-state index in [1.165, 1.54) is 6.07 Å². The van der Waals surface area contributed by atoms with Crippen LogP contribution in [0.5, 0.6) is 0 Å². The molecule has 0 aliphatic rings. The summed E-state index contributed by atoms with van der Waals surface area (Å²) < 4.78 is 15.1. The fourth-order valence-corrected chi connectivity index (χ4v) is 1.57. The van der Waals surface area contributed by atoms with Crippen LogP contribution in [-0.2, 0) is 6.54 Å². The highest BCUT2D eigenvalue weighted by Crippen LogP contribution is 2.22. The quantitative estimate of drug-likeness (QED) is 0.806. The Morgan fingerprint density at radius 1 is 1.38 bits per heavy atom. The van der Waals surface area contributed by atoms with Crippen molar-refractivity contribution >= 4 is 5.69 Å². The van der Waals surface area contributed by atoms with E-state index in [2.05, 4.69) is 12.0 Å². The minimum Gasteiger partial charge on any atom is -0.396 e. The van der Waals surface area contributed by atoms with Crippen LogP contribution in [0.15, 0.2) is 30.6 Å². The van der Waals surface area contributed by atoms with E-state index in [4.69, 9.17) is 5.73 Å². The van der Waals surface area contributed by atoms with E-state index in [0.29, 0.717) is 0 Å². The van der Waals surface area contributed by atoms with Gasteiger partial charge < -0.3 is 5.73 Å². The zero-order valence-electron chi connectivity index (χ0n) is 9.15. The van der Waals surface area contributed by atoms with Gasteiger partial charge in [0.15, 0.2) is 0 Å². The zero-order chi connectivity index (χ0) is 11.5. The minimum absolute atomic E-state index is 0.171. The molecule has 2 aromatic rings. The smallest absolute Gasteiger partial charge is 0.146 e. The van der Waals surface area contributed by atoms with Crippen molar-refractivity contribution < 1.29 is 4.39 Å². The third-order valence-corrected chi connectivity index (χ3v) is 2.42. The molecule has 1 aromatic carbocycles. The van der Waals surface area contributed by atoms with E-state index in [1.807, 2.05) is 10.9 Å². The van der Waals surface area contributed by atoms with Gasteiger partial charge >= 0.3 is 0 Å². The SMILES string of the molecule is CCCn1cc(-c2ccc(N)c(F)c2)cn1. The summed E-state index contributed by atoms with van der Waals surface area (Å²) in [7, 11) is 0. The van der Waals surface area contributed by atoms with E-state index in [1.54, 1.807) is 18.3 Å². The second-order valence-electron chi connectivity index (χ2n) is 3.73. The van der Waals surface area contributed by atoms with Gasteiger partial charge in [0, 0.05) is 18.3 Å². The number of halogens is 1. The van der Waals surface area contributed by atoms with Crippen molar-refractivity contribution in [3.8, 4) is 11.1 Å². The molecular formula is C12H14FN3. The van der Waals surface area contributed by atoms with E-state index in [0.717, 1.165) is 24.1 Å². The molecule has 1 aromatic heterocycles. The van der Waals surface area contributed by atoms with Crippen molar-refractivity contribution in [2.45, 2.75) is 19.9 Å². The van der Waals surface area contributed by atoms with Crippen LogP contribution in [0.4, 0.5) is 10.1 Å². The average molecular weight is 219 g/mol. The van der Waals surface area contributed by atoms with E-state index in [9.17, 15) is 4.39 Å². The van der Waals surface area contributed by atoms with Gasteiger partial charge in [-0.15, -0.1) is 0 Å². The predicted octanol–water partition coefficient (Wildman–Crippen LogP) is 2.68. The molecule has 0 aliphatic carbocycles. The van der Waals surface area contributed by atoms with Gasteiger partial charge in [-0.25, -0.2) is 4.39 Å². The lowest BCUT2D eigenvalue weighted by atomic mass is 10.1. The Balaban J connectivity index is 2.31. The normalized spacial score (nSPS) is 10.6. The maximum Gasteiger partial charge on any atom is 0.146 e. The molecule has 0 unspecified atom stereocenters. The van der Waals surface area contributed by atoms with Crippen LogP contribution in [0.25, 0.3) is 11.1 Å². The fourth-order valence-electron chi connectivity index (χ4n) is 1.57. The molecule has 3 nitrogen and oxygen atoms in total. The summed E-state index contributed by atoms with van der Waals surface area (Å²) in [6.45, 7) is 2.96. The molecule has 16 heavy (non-hydrogen) atoms. The number of aromatic nitrogens is 2. The first-order valence-corrected chi connectivity index (χ1v) is 5.28. The van der Waals surface area contributed by atoms with Gasteiger partial charge in [-0.2, -0.15) is 5.10 Å². The van der Waals surface area contributed by atoms with Crippen LogP contribution in [0.2, 0.25) is 0 Å². The van der Waals surface area contributed by atoms with Crippen molar-refractivity contribution in [3.63, 3.8) is 0 Å². The molecule has 4 heteroatoms. The number of nitrogens with two attached hydrogens (primary N) is 1. The van der Waals surface area contributed by atoms with Gasteiger partial charge in [-0.05, 0) is 24.1 Å². The Labute approximate surface area is 93.7 Å². The van der Waals surface area contributed by atoms with E-state index < -0.39 is 0 Å². The van der Waals surface area contributed by atoms with Crippen molar-refractivity contribution in [2.24, 2.45) is 0 Å². The molecule has 2 rings (SSSR count). The first-order chi connectivity index (χ1) is 7.70. The Hall–Kier alpha value is -1.84. The number of rotatable bonds is 3. The number of aryl methyl sites for hydroxylation is 1. The Bertz CT molecular complexity index is 491. The van der Waals surface area contributed by atoms with Gasteiger partial charge in [-0.1, -0.05) is 13.0 Å². The lowest BCUT2D eigenvalue weighted by Crippen LogP contribution is -1.95. The van der Waals surface area contributed by atoms with Crippen LogP contribution in [-0.4, -0.2) is 9.78 Å². The van der Waals surface area contributed by atoms with Crippen molar-refractivity contribution in [1.82, 2.24) is 9.78 Å². The molecule has 0 saturated carbocycles. The van der Waals surface area contributed by atoms with Gasteiger partial charge in [0.05, 0.1) is 11.9 Å². The summed E-state index contributed by atoms with van der Waals surface area (Å²) in [4.78, 5) is 0. The summed E-state index contributed by atoms with van der Waals surface area (Å²) in [6.07, 6.45) is 4.67. The Morgan fingerprint density at radius 2 is 2.19 bits per heavy atom. The number of nitrogens with zero attached hydrogens (tertiary/aromatic N) is 2. The standard InChI is InChI=1S/C12H14FN3/c1-2-5-16-8-10(7-15-16)9-3-4-12(14)11(13)6-9/h3-4,6-8H,2,5,14H2,1H3. The van der Waals surface area contributed by atoms with Crippen LogP contribution >= 0.6 is 0 Å². The zero-order valence-corrected chi connectivity index (χ0v) is 9.15. The number of benzene rings is 1. The largest absolute Gasteiger partial charge is 0.396 e. The van der Waals surface area contributed by atoms with Crippen molar-refractivity contribution in [1.29, 1.82) is 0 Å². The molecule has 0 atom stereocenters. The van der Waals surface area contributed by atoms with Crippen molar-refractivity contribution in [2.75, 3.05) is 5.73 Å². The molecular weight excluding hydrogens is 205 g/mol. The molecule has 2 N–H and O–H groups in total. The van der Waals surface area contributed by atoms with E-state index >= 15 is 0 Å². The van der Waals surface area contributed by atoms with Gasteiger partial charge in [0.2, 0.25) is 0 Å². The lowest BCUT2D eigenvalue weighted by molar-refractivity contribution is 0.603. The first kappa shape index (κ1) is 10.7. The molecule has 0 saturated heterocycles. The van der Waals surface area contributed by atoms with Crippen LogP contribution in [0.1, 0.15) is 13.3 Å². The predicted molar refractivity (Wildman–Crippen MR) is 62.3 cm³/mol. The Morgan fingerprint density at radius 3 is 2.88 bits per heavy atom. The minimum atomic E-state index is -0.388. The highest BCUT2D eigenvalue weighted by molar-refractivity contribution is 5.64. The molecule has 0 spiro atoms. The number of nitrogen functional groups attached to an aromatic ring is 1. The molecule has 0 amide bonds. The molecule has 0 fully saturated rings. The summed E-state index contributed by atoms with van der Waals surface area (Å²) in [5.41, 5.74) is 7.30. The summed E-state index contributed by atoms with van der Waals surface area (Å²) in [5, 5.41) is 4.20. The number of anilines is 1. The first-order valence-electron chi connectivity index (χ1n) is 5.28. The van der Waals surface area contributed by atoms with Gasteiger partial charge in [-0.3, -0.25) is 4.68 Å². The maximum absolute atomic E-state index is 13.3. The number of hydrogen-bond donors (Lipinski definition) is 1. The second-order valence-corrected chi connectivity index (χ2v) is 3.73. The van der Waals surface area contributed by atoms with Gasteiger partial charge in [0.25, 0.3) is 0 Å². The maximum atomic E-state index is 13.3. The molecule has 0 aliphatic heterocycles. The number of hydrogen-bond acceptors (Lipinski definition) is 2. The Kier molecular flexibility index (Phi) is 2.90. The van der Waals surface area contributed by atoms with E-state index in [-0.39, 0.29) is 11.5 Å². The highest BCUT2D eigenvalue weighted by Gasteiger charge is 2.04. The summed E-state index contributed by atoms with van der Waals surface area (Å²) in [5.74, 6) is -0.388. The topological polar surface area (TPSA) is 43.8 Å². The van der Waals surface area contributed by atoms with Gasteiger partial charge in [0.1, 0.15) is 5.82 Å². The van der Waals surface area contributed by atoms with Crippen molar-refractivity contribution in [3.05, 3.63) is 36.4 Å². The molecule has 84 valence electrons. The summed E-state index contributed by atoms with van der Waals surface area (Å²) in [6, 6.07) is 4.80. The molecule has 0 bridgehead atoms. The van der Waals surface area contributed by atoms with Crippen LogP contribution in [0, 0.1) is 5.82 Å². The fraction of sp³-hybridized carbons (Fsp3) is 0.250. The average Bonchev–Trinajstić information content (AvgIpc) is 2.71. The lowest BCUT2D eigenvalue weighted by Gasteiger charge is -2.00. The monoisotopic (exact) mass is 219 g/mol. The van der Waals surface area contributed by atoms with Crippen LogP contribution in [0.3, 0.4) is 0 Å². The van der Waals surface area contributed by atoms with Crippen LogP contribution < -0.4 is 5.73 Å². The third kappa shape index (κ3) is 2.05. The molecule has 0 radical (unpaired) electrons. The summed E-state index contributed by atoms with van der Waals surface area (Å²) >= 11 is 0.